The summed E-state index contributed by atoms with van der Waals surface area (Å²) in [5.41, 5.74) is 0. The molecular formula is C7H16O2S. The molecule has 62 valence electrons. The van der Waals surface area contributed by atoms with Crippen LogP contribution in [0.3, 0.4) is 0 Å². The largest absolute Gasteiger partial charge is 0.396 e. The summed E-state index contributed by atoms with van der Waals surface area (Å²) in [4.78, 5) is 0. The number of hydrogen-bond donors (Lipinski definition) is 2. The van der Waals surface area contributed by atoms with E-state index in [9.17, 15) is 0 Å². The van der Waals surface area contributed by atoms with Crippen molar-refractivity contribution in [2.24, 2.45) is 0 Å². The van der Waals surface area contributed by atoms with Crippen molar-refractivity contribution in [3.8, 4) is 0 Å². The van der Waals surface area contributed by atoms with E-state index < -0.39 is 0 Å². The second-order valence-corrected chi connectivity index (χ2v) is 3.55. The molecule has 0 saturated heterocycles. The van der Waals surface area contributed by atoms with Crippen LogP contribution >= 0.6 is 11.8 Å². The lowest BCUT2D eigenvalue weighted by Crippen LogP contribution is -1.99. The summed E-state index contributed by atoms with van der Waals surface area (Å²) < 4.78 is 0. The Morgan fingerprint density at radius 1 is 1.40 bits per heavy atom. The van der Waals surface area contributed by atoms with Crippen LogP contribution in [-0.2, 0) is 0 Å². The Morgan fingerprint density at radius 2 is 2.10 bits per heavy atom. The van der Waals surface area contributed by atoms with Crippen molar-refractivity contribution in [1.29, 1.82) is 0 Å². The van der Waals surface area contributed by atoms with E-state index in [-0.39, 0.29) is 12.7 Å². The molecule has 0 aromatic heterocycles. The molecule has 0 saturated carbocycles. The zero-order valence-corrected chi connectivity index (χ0v) is 7.23. The van der Waals surface area contributed by atoms with Crippen LogP contribution in [0.4, 0.5) is 0 Å². The predicted molar refractivity (Wildman–Crippen MR) is 45.3 cm³/mol. The van der Waals surface area contributed by atoms with Crippen LogP contribution in [0.15, 0.2) is 0 Å². The van der Waals surface area contributed by atoms with Gasteiger partial charge in [0.1, 0.15) is 0 Å². The molecule has 0 aliphatic carbocycles. The summed E-state index contributed by atoms with van der Waals surface area (Å²) in [6.45, 7) is 2.07. The number of hydrogen-bond acceptors (Lipinski definition) is 3. The van der Waals surface area contributed by atoms with Gasteiger partial charge in [0, 0.05) is 5.75 Å². The summed E-state index contributed by atoms with van der Waals surface area (Å²) in [5, 5.41) is 17.3. The molecule has 0 bridgehead atoms. The molecular weight excluding hydrogens is 148 g/mol. The first kappa shape index (κ1) is 10.3. The van der Waals surface area contributed by atoms with Crippen LogP contribution in [0, 0.1) is 0 Å². The summed E-state index contributed by atoms with van der Waals surface area (Å²) in [6.07, 6.45) is 1.75. The second-order valence-electron chi connectivity index (χ2n) is 2.33. The van der Waals surface area contributed by atoms with E-state index in [1.54, 1.807) is 18.7 Å². The van der Waals surface area contributed by atoms with Gasteiger partial charge in [-0.3, -0.25) is 0 Å². The summed E-state index contributed by atoms with van der Waals surface area (Å²) in [5.74, 6) is 1.87. The van der Waals surface area contributed by atoms with Crippen molar-refractivity contribution >= 4 is 11.8 Å². The first-order valence-corrected chi connectivity index (χ1v) is 4.79. The van der Waals surface area contributed by atoms with E-state index in [1.807, 2.05) is 0 Å². The molecule has 1 atom stereocenters. The SMILES string of the molecule is CC(O)CCCSCCO. The first-order valence-electron chi connectivity index (χ1n) is 3.64. The molecule has 3 heteroatoms. The van der Waals surface area contributed by atoms with Gasteiger partial charge in [0.15, 0.2) is 0 Å². The van der Waals surface area contributed by atoms with Crippen LogP contribution in [0.1, 0.15) is 19.8 Å². The van der Waals surface area contributed by atoms with Gasteiger partial charge in [0.05, 0.1) is 12.7 Å². The van der Waals surface area contributed by atoms with Gasteiger partial charge in [-0.1, -0.05) is 0 Å². The Bertz CT molecular complexity index is 66.6. The Balaban J connectivity index is 2.77. The van der Waals surface area contributed by atoms with E-state index >= 15 is 0 Å². The third-order valence-electron chi connectivity index (χ3n) is 1.15. The van der Waals surface area contributed by atoms with Gasteiger partial charge in [-0.25, -0.2) is 0 Å². The lowest BCUT2D eigenvalue weighted by molar-refractivity contribution is 0.184. The minimum atomic E-state index is -0.172. The van der Waals surface area contributed by atoms with Crippen molar-refractivity contribution in [3.05, 3.63) is 0 Å². The zero-order chi connectivity index (χ0) is 7.82. The average molecular weight is 164 g/mol. The summed E-state index contributed by atoms with van der Waals surface area (Å²) in [7, 11) is 0. The second kappa shape index (κ2) is 7.38. The van der Waals surface area contributed by atoms with Crippen molar-refractivity contribution < 1.29 is 10.2 Å². The normalized spacial score (nSPS) is 13.5. The fourth-order valence-corrected chi connectivity index (χ4v) is 1.35. The van der Waals surface area contributed by atoms with E-state index in [2.05, 4.69) is 0 Å². The fourth-order valence-electron chi connectivity index (χ4n) is 0.647. The van der Waals surface area contributed by atoms with E-state index in [1.165, 1.54) is 0 Å². The predicted octanol–water partition coefficient (Wildman–Crippen LogP) is 0.873. The molecule has 10 heavy (non-hydrogen) atoms. The molecule has 2 N–H and O–H groups in total. The molecule has 2 nitrogen and oxygen atoms in total. The molecule has 1 unspecified atom stereocenters. The van der Waals surface area contributed by atoms with Crippen LogP contribution in [-0.4, -0.2) is 34.4 Å². The number of aliphatic hydroxyl groups is 2. The standard InChI is InChI=1S/C7H16O2S/c1-7(9)3-2-5-10-6-4-8/h7-9H,2-6H2,1H3. The first-order chi connectivity index (χ1) is 4.77. The molecule has 0 spiro atoms. The molecule has 0 aliphatic rings. The summed E-state index contributed by atoms with van der Waals surface area (Å²) in [6, 6.07) is 0. The van der Waals surface area contributed by atoms with E-state index in [4.69, 9.17) is 10.2 Å². The average Bonchev–Trinajstić information content (AvgIpc) is 1.87. The third kappa shape index (κ3) is 8.27. The zero-order valence-electron chi connectivity index (χ0n) is 6.42. The van der Waals surface area contributed by atoms with Gasteiger partial charge in [-0.2, -0.15) is 11.8 Å². The van der Waals surface area contributed by atoms with Gasteiger partial charge in [-0.05, 0) is 25.5 Å². The molecule has 0 fully saturated rings. The highest BCUT2D eigenvalue weighted by atomic mass is 32.2. The summed E-state index contributed by atoms with van der Waals surface area (Å²) >= 11 is 1.73. The highest BCUT2D eigenvalue weighted by Gasteiger charge is 1.94. The van der Waals surface area contributed by atoms with Crippen molar-refractivity contribution in [2.75, 3.05) is 18.1 Å². The minimum absolute atomic E-state index is 0.172. The van der Waals surface area contributed by atoms with Crippen LogP contribution in [0.25, 0.3) is 0 Å². The monoisotopic (exact) mass is 164 g/mol. The Kier molecular flexibility index (Phi) is 7.58. The molecule has 0 aromatic rings. The molecule has 0 aromatic carbocycles. The third-order valence-corrected chi connectivity index (χ3v) is 2.19. The van der Waals surface area contributed by atoms with E-state index in [0.29, 0.717) is 0 Å². The van der Waals surface area contributed by atoms with Gasteiger partial charge in [0.25, 0.3) is 0 Å². The fraction of sp³-hybridized carbons (Fsp3) is 1.00. The number of aliphatic hydroxyl groups excluding tert-OH is 2. The quantitative estimate of drug-likeness (QED) is 0.572. The number of rotatable bonds is 6. The molecule has 0 radical (unpaired) electrons. The highest BCUT2D eigenvalue weighted by Crippen LogP contribution is 2.05. The van der Waals surface area contributed by atoms with Crippen molar-refractivity contribution in [2.45, 2.75) is 25.9 Å². The molecule has 0 aliphatic heterocycles. The van der Waals surface area contributed by atoms with Gasteiger partial charge in [0.2, 0.25) is 0 Å². The maximum absolute atomic E-state index is 8.85. The topological polar surface area (TPSA) is 40.5 Å². The van der Waals surface area contributed by atoms with Gasteiger partial charge < -0.3 is 10.2 Å². The molecule has 0 amide bonds. The van der Waals surface area contributed by atoms with Crippen molar-refractivity contribution in [1.82, 2.24) is 0 Å². The van der Waals surface area contributed by atoms with Crippen LogP contribution in [0.2, 0.25) is 0 Å². The lowest BCUT2D eigenvalue weighted by Gasteiger charge is -2.01. The number of thioether (sulfide) groups is 1. The minimum Gasteiger partial charge on any atom is -0.396 e. The van der Waals surface area contributed by atoms with Crippen LogP contribution in [0.5, 0.6) is 0 Å². The maximum atomic E-state index is 8.85. The van der Waals surface area contributed by atoms with Gasteiger partial charge >= 0.3 is 0 Å². The van der Waals surface area contributed by atoms with Crippen LogP contribution < -0.4 is 0 Å². The maximum Gasteiger partial charge on any atom is 0.0521 e. The molecule has 0 heterocycles. The Hall–Kier alpha value is 0.270. The molecule has 0 rings (SSSR count). The van der Waals surface area contributed by atoms with Gasteiger partial charge in [-0.15, -0.1) is 0 Å². The smallest absolute Gasteiger partial charge is 0.0521 e. The van der Waals surface area contributed by atoms with Crippen molar-refractivity contribution in [3.63, 3.8) is 0 Å². The highest BCUT2D eigenvalue weighted by molar-refractivity contribution is 7.99. The Labute approximate surface area is 66.6 Å². The lowest BCUT2D eigenvalue weighted by atomic mass is 10.2. The Morgan fingerprint density at radius 3 is 2.60 bits per heavy atom. The van der Waals surface area contributed by atoms with E-state index in [0.717, 1.165) is 24.3 Å².